The van der Waals surface area contributed by atoms with Crippen LogP contribution < -0.4 is 4.74 Å². The molecule has 0 radical (unpaired) electrons. The number of nitrogens with zero attached hydrogens (tertiary/aromatic N) is 4. The Morgan fingerprint density at radius 2 is 1.77 bits per heavy atom. The molecule has 0 unspecified atom stereocenters. The molecule has 2 heterocycles. The molecule has 1 amide bonds. The van der Waals surface area contributed by atoms with Gasteiger partial charge in [-0.05, 0) is 48.4 Å². The van der Waals surface area contributed by atoms with Crippen molar-refractivity contribution in [1.82, 2.24) is 19.9 Å². The van der Waals surface area contributed by atoms with Crippen LogP contribution in [0.2, 0.25) is 5.02 Å². The van der Waals surface area contributed by atoms with Gasteiger partial charge in [0, 0.05) is 43.2 Å². The van der Waals surface area contributed by atoms with E-state index in [4.69, 9.17) is 20.9 Å². The quantitative estimate of drug-likeness (QED) is 0.558. The maximum atomic E-state index is 12.6. The maximum Gasteiger partial charge on any atom is 0.241 e. The van der Waals surface area contributed by atoms with Gasteiger partial charge < -0.3 is 14.2 Å². The van der Waals surface area contributed by atoms with Crippen molar-refractivity contribution in [2.24, 2.45) is 0 Å². The van der Waals surface area contributed by atoms with Crippen LogP contribution in [0.25, 0.3) is 11.4 Å². The van der Waals surface area contributed by atoms with Crippen LogP contribution in [0, 0.1) is 0 Å². The number of aryl methyl sites for hydroxylation is 1. The first-order valence-electron chi connectivity index (χ1n) is 10.3. The summed E-state index contributed by atoms with van der Waals surface area (Å²) < 4.78 is 10.6. The highest BCUT2D eigenvalue weighted by Gasteiger charge is 2.22. The van der Waals surface area contributed by atoms with Gasteiger partial charge in [0.1, 0.15) is 5.75 Å². The number of hydrogen-bond donors (Lipinski definition) is 0. The molecule has 0 saturated carbocycles. The van der Waals surface area contributed by atoms with Crippen molar-refractivity contribution in [2.75, 3.05) is 33.3 Å². The lowest BCUT2D eigenvalue weighted by Crippen LogP contribution is -2.48. The van der Waals surface area contributed by atoms with Gasteiger partial charge in [-0.1, -0.05) is 28.9 Å². The molecule has 1 fully saturated rings. The SMILES string of the molecule is COc1ccc(CCC(=O)N2CCN(Cc3nc(-c4ccc(Cl)cc4)no3)CC2)cc1. The van der Waals surface area contributed by atoms with Crippen molar-refractivity contribution in [3.05, 3.63) is 65.0 Å². The average molecular weight is 441 g/mol. The molecule has 0 N–H and O–H groups in total. The topological polar surface area (TPSA) is 71.7 Å². The van der Waals surface area contributed by atoms with Gasteiger partial charge in [0.2, 0.25) is 17.6 Å². The highest BCUT2D eigenvalue weighted by atomic mass is 35.5. The van der Waals surface area contributed by atoms with Gasteiger partial charge in [0.15, 0.2) is 0 Å². The summed E-state index contributed by atoms with van der Waals surface area (Å²) in [6, 6.07) is 15.2. The van der Waals surface area contributed by atoms with E-state index in [0.29, 0.717) is 42.8 Å². The van der Waals surface area contributed by atoms with E-state index in [2.05, 4.69) is 15.0 Å². The number of benzene rings is 2. The zero-order valence-electron chi connectivity index (χ0n) is 17.5. The maximum absolute atomic E-state index is 12.6. The monoisotopic (exact) mass is 440 g/mol. The summed E-state index contributed by atoms with van der Waals surface area (Å²) in [6.07, 6.45) is 1.25. The number of rotatable bonds is 7. The summed E-state index contributed by atoms with van der Waals surface area (Å²) in [5.41, 5.74) is 2.01. The smallest absolute Gasteiger partial charge is 0.241 e. The second-order valence-electron chi connectivity index (χ2n) is 7.52. The highest BCUT2D eigenvalue weighted by molar-refractivity contribution is 6.30. The normalized spacial score (nSPS) is 14.6. The first-order chi connectivity index (χ1) is 15.1. The van der Waals surface area contributed by atoms with E-state index in [1.807, 2.05) is 41.3 Å². The molecular weight excluding hydrogens is 416 g/mol. The van der Waals surface area contributed by atoms with Crippen LogP contribution in [0.1, 0.15) is 17.9 Å². The molecule has 0 aliphatic carbocycles. The van der Waals surface area contributed by atoms with Crippen molar-refractivity contribution >= 4 is 17.5 Å². The summed E-state index contributed by atoms with van der Waals surface area (Å²) in [4.78, 5) is 21.2. The number of carbonyl (C=O) groups is 1. The van der Waals surface area contributed by atoms with Gasteiger partial charge >= 0.3 is 0 Å². The van der Waals surface area contributed by atoms with E-state index in [1.165, 1.54) is 0 Å². The number of amides is 1. The zero-order valence-corrected chi connectivity index (χ0v) is 18.2. The molecule has 1 aliphatic rings. The summed E-state index contributed by atoms with van der Waals surface area (Å²) in [7, 11) is 1.65. The zero-order chi connectivity index (χ0) is 21.6. The third-order valence-corrected chi connectivity index (χ3v) is 5.69. The fourth-order valence-corrected chi connectivity index (χ4v) is 3.71. The number of methoxy groups -OCH3 is 1. The van der Waals surface area contributed by atoms with E-state index in [9.17, 15) is 4.79 Å². The minimum Gasteiger partial charge on any atom is -0.497 e. The summed E-state index contributed by atoms with van der Waals surface area (Å²) in [5.74, 6) is 2.15. The Morgan fingerprint density at radius 3 is 2.45 bits per heavy atom. The first kappa shape index (κ1) is 21.3. The molecule has 4 rings (SSSR count). The van der Waals surface area contributed by atoms with Crippen LogP contribution in [0.5, 0.6) is 5.75 Å². The van der Waals surface area contributed by atoms with Gasteiger partial charge in [-0.3, -0.25) is 9.69 Å². The number of halogens is 1. The van der Waals surface area contributed by atoms with Crippen LogP contribution in [0.4, 0.5) is 0 Å². The van der Waals surface area contributed by atoms with Crippen LogP contribution in [-0.2, 0) is 17.8 Å². The van der Waals surface area contributed by atoms with E-state index in [1.54, 1.807) is 19.2 Å². The minimum absolute atomic E-state index is 0.193. The number of carbonyl (C=O) groups excluding carboxylic acids is 1. The second-order valence-corrected chi connectivity index (χ2v) is 7.96. The van der Waals surface area contributed by atoms with Crippen molar-refractivity contribution in [1.29, 1.82) is 0 Å². The van der Waals surface area contributed by atoms with E-state index < -0.39 is 0 Å². The largest absolute Gasteiger partial charge is 0.497 e. The fraction of sp³-hybridized carbons (Fsp3) is 0.348. The van der Waals surface area contributed by atoms with E-state index in [0.717, 1.165) is 36.4 Å². The molecule has 0 spiro atoms. The Balaban J connectivity index is 1.23. The van der Waals surface area contributed by atoms with Gasteiger partial charge in [0.25, 0.3) is 0 Å². The molecule has 3 aromatic rings. The number of hydrogen-bond acceptors (Lipinski definition) is 6. The predicted molar refractivity (Wildman–Crippen MR) is 118 cm³/mol. The first-order valence-corrected chi connectivity index (χ1v) is 10.7. The molecule has 7 nitrogen and oxygen atoms in total. The molecule has 1 aliphatic heterocycles. The molecule has 1 aromatic heterocycles. The average Bonchev–Trinajstić information content (AvgIpc) is 3.27. The summed E-state index contributed by atoms with van der Waals surface area (Å²) in [6.45, 7) is 3.56. The van der Waals surface area contributed by atoms with E-state index >= 15 is 0 Å². The Morgan fingerprint density at radius 1 is 1.06 bits per heavy atom. The van der Waals surface area contributed by atoms with Crippen LogP contribution in [0.15, 0.2) is 53.1 Å². The summed E-state index contributed by atoms with van der Waals surface area (Å²) >= 11 is 5.93. The lowest BCUT2D eigenvalue weighted by molar-refractivity contribution is -0.133. The van der Waals surface area contributed by atoms with Crippen molar-refractivity contribution in [3.63, 3.8) is 0 Å². The summed E-state index contributed by atoms with van der Waals surface area (Å²) in [5, 5.41) is 4.73. The molecule has 2 aromatic carbocycles. The standard InChI is InChI=1S/C23H25ClN4O3/c1-30-20-9-2-17(3-10-20)4-11-22(29)28-14-12-27(13-15-28)16-21-25-23(26-31-21)18-5-7-19(24)8-6-18/h2-3,5-10H,4,11-16H2,1H3. The predicted octanol–water partition coefficient (Wildman–Crippen LogP) is 3.68. The molecule has 162 valence electrons. The van der Waals surface area contributed by atoms with Crippen molar-refractivity contribution < 1.29 is 14.1 Å². The lowest BCUT2D eigenvalue weighted by Gasteiger charge is -2.34. The number of aromatic nitrogens is 2. The molecular formula is C23H25ClN4O3. The third kappa shape index (κ3) is 5.62. The van der Waals surface area contributed by atoms with Crippen molar-refractivity contribution in [2.45, 2.75) is 19.4 Å². The van der Waals surface area contributed by atoms with Crippen LogP contribution >= 0.6 is 11.6 Å². The molecule has 1 saturated heterocycles. The molecule has 0 bridgehead atoms. The minimum atomic E-state index is 0.193. The van der Waals surface area contributed by atoms with Crippen molar-refractivity contribution in [3.8, 4) is 17.1 Å². The fourth-order valence-electron chi connectivity index (χ4n) is 3.58. The molecule has 8 heteroatoms. The Bertz CT molecular complexity index is 996. The van der Waals surface area contributed by atoms with Gasteiger partial charge in [0.05, 0.1) is 13.7 Å². The highest BCUT2D eigenvalue weighted by Crippen LogP contribution is 2.19. The van der Waals surface area contributed by atoms with Gasteiger partial charge in [-0.2, -0.15) is 4.98 Å². The second kappa shape index (κ2) is 9.94. The molecule has 31 heavy (non-hydrogen) atoms. The number of ether oxygens (including phenoxy) is 1. The third-order valence-electron chi connectivity index (χ3n) is 5.44. The Hall–Kier alpha value is -2.90. The Kier molecular flexibility index (Phi) is 6.84. The van der Waals surface area contributed by atoms with Crippen LogP contribution in [-0.4, -0.2) is 59.1 Å². The van der Waals surface area contributed by atoms with Crippen LogP contribution in [0.3, 0.4) is 0 Å². The van der Waals surface area contributed by atoms with Gasteiger partial charge in [-0.25, -0.2) is 0 Å². The Labute approximate surface area is 186 Å². The van der Waals surface area contributed by atoms with Gasteiger partial charge in [-0.15, -0.1) is 0 Å². The lowest BCUT2D eigenvalue weighted by atomic mass is 10.1. The number of piperazine rings is 1. The van der Waals surface area contributed by atoms with E-state index in [-0.39, 0.29) is 5.91 Å². The molecule has 0 atom stereocenters.